The molecule has 4 atom stereocenters. The summed E-state index contributed by atoms with van der Waals surface area (Å²) in [6, 6.07) is 0. The van der Waals surface area contributed by atoms with Crippen LogP contribution >= 0.6 is 11.3 Å². The number of halogens is 1. The van der Waals surface area contributed by atoms with Crippen LogP contribution in [0.5, 0.6) is 0 Å². The van der Waals surface area contributed by atoms with E-state index in [1.165, 1.54) is 17.7 Å². The number of thiophene rings is 1. The van der Waals surface area contributed by atoms with Crippen molar-refractivity contribution < 1.29 is 19.3 Å². The van der Waals surface area contributed by atoms with Crippen LogP contribution in [0, 0.1) is 0 Å². The predicted molar refractivity (Wildman–Crippen MR) is 70.6 cm³/mol. The first-order chi connectivity index (χ1) is 9.48. The molecular formula is C11H13FN4O3S. The fourth-order valence-electron chi connectivity index (χ4n) is 2.26. The molecule has 2 aromatic rings. The lowest BCUT2D eigenvalue weighted by Crippen LogP contribution is -2.53. The minimum absolute atomic E-state index is 0.293. The Bertz CT molecular complexity index is 654. The number of ether oxygens (including phenoxy) is 1. The quantitative estimate of drug-likeness (QED) is 0.599. The second kappa shape index (κ2) is 4.57. The number of nitrogen functional groups attached to an aromatic ring is 1. The first kappa shape index (κ1) is 13.6. The first-order valence-electron chi connectivity index (χ1n) is 5.85. The van der Waals surface area contributed by atoms with Crippen molar-refractivity contribution in [2.75, 3.05) is 12.3 Å². The van der Waals surface area contributed by atoms with Crippen LogP contribution in [0.25, 0.3) is 10.2 Å². The molecule has 0 aromatic carbocycles. The highest BCUT2D eigenvalue weighted by Crippen LogP contribution is 2.43. The van der Waals surface area contributed by atoms with E-state index in [1.54, 1.807) is 5.38 Å². The Morgan fingerprint density at radius 1 is 1.50 bits per heavy atom. The molecule has 0 spiro atoms. The first-order valence-corrected chi connectivity index (χ1v) is 6.73. The molecule has 6 N–H and O–H groups in total. The standard InChI is InChI=1S/C11H13FN4O3S/c12-5-7(19-11(14,2-17)9(5)18)4-1-20-8-6(4)15-3-16-10(8)13/h1,3,5,7,9,17-18H,2,14H2,(H2,13,15,16)/t5-,7-,9-,11+/m0/s1. The average molecular weight is 300 g/mol. The van der Waals surface area contributed by atoms with Crippen molar-refractivity contribution in [3.05, 3.63) is 17.3 Å². The fraction of sp³-hybridized carbons (Fsp3) is 0.455. The van der Waals surface area contributed by atoms with Gasteiger partial charge in [-0.05, 0) is 5.38 Å². The molecule has 7 nitrogen and oxygen atoms in total. The molecule has 1 aliphatic heterocycles. The number of fused-ring (bicyclic) bond motifs is 1. The van der Waals surface area contributed by atoms with Gasteiger partial charge < -0.3 is 20.7 Å². The summed E-state index contributed by atoms with van der Waals surface area (Å²) in [6.07, 6.45) is -3.22. The Balaban J connectivity index is 2.06. The normalized spacial score (nSPS) is 33.9. The van der Waals surface area contributed by atoms with Gasteiger partial charge in [-0.15, -0.1) is 11.3 Å². The minimum atomic E-state index is -1.82. The molecule has 0 aliphatic carbocycles. The molecular weight excluding hydrogens is 287 g/mol. The number of nitrogens with zero attached hydrogens (tertiary/aromatic N) is 2. The van der Waals surface area contributed by atoms with Gasteiger partial charge in [0.15, 0.2) is 11.9 Å². The van der Waals surface area contributed by atoms with Crippen LogP contribution in [-0.4, -0.2) is 44.8 Å². The number of anilines is 1. The van der Waals surface area contributed by atoms with Crippen LogP contribution in [0.1, 0.15) is 11.7 Å². The molecule has 0 unspecified atom stereocenters. The number of alkyl halides is 1. The summed E-state index contributed by atoms with van der Waals surface area (Å²) < 4.78 is 20.2. The average Bonchev–Trinajstić information content (AvgIpc) is 2.96. The van der Waals surface area contributed by atoms with E-state index < -0.39 is 30.7 Å². The summed E-state index contributed by atoms with van der Waals surface area (Å²) in [5.74, 6) is 0.293. The van der Waals surface area contributed by atoms with E-state index in [2.05, 4.69) is 9.97 Å². The van der Waals surface area contributed by atoms with E-state index in [-0.39, 0.29) is 0 Å². The van der Waals surface area contributed by atoms with Gasteiger partial charge in [0.1, 0.15) is 24.4 Å². The van der Waals surface area contributed by atoms with Crippen LogP contribution in [0.2, 0.25) is 0 Å². The molecule has 0 radical (unpaired) electrons. The molecule has 1 saturated heterocycles. The number of rotatable bonds is 2. The maximum absolute atomic E-state index is 14.2. The number of hydrogen-bond acceptors (Lipinski definition) is 8. The summed E-state index contributed by atoms with van der Waals surface area (Å²) in [4.78, 5) is 7.92. The molecule has 0 bridgehead atoms. The number of hydrogen-bond donors (Lipinski definition) is 4. The second-order valence-corrected chi connectivity index (χ2v) is 5.55. The van der Waals surface area contributed by atoms with E-state index >= 15 is 0 Å². The lowest BCUT2D eigenvalue weighted by Gasteiger charge is -2.24. The van der Waals surface area contributed by atoms with Crippen LogP contribution in [0.15, 0.2) is 11.7 Å². The molecule has 108 valence electrons. The van der Waals surface area contributed by atoms with Gasteiger partial charge in [-0.1, -0.05) is 0 Å². The van der Waals surface area contributed by atoms with E-state index in [4.69, 9.17) is 21.3 Å². The van der Waals surface area contributed by atoms with Gasteiger partial charge in [0.25, 0.3) is 0 Å². The van der Waals surface area contributed by atoms with E-state index in [0.717, 1.165) is 0 Å². The van der Waals surface area contributed by atoms with Gasteiger partial charge in [0.05, 0.1) is 16.8 Å². The van der Waals surface area contributed by atoms with Crippen LogP contribution in [-0.2, 0) is 4.74 Å². The number of nitrogens with two attached hydrogens (primary N) is 2. The number of aliphatic hydroxyl groups is 2. The summed E-state index contributed by atoms with van der Waals surface area (Å²) in [7, 11) is 0. The van der Waals surface area contributed by atoms with Crippen molar-refractivity contribution in [2.45, 2.75) is 24.1 Å². The summed E-state index contributed by atoms with van der Waals surface area (Å²) in [6.45, 7) is -0.690. The van der Waals surface area contributed by atoms with E-state index in [0.29, 0.717) is 21.6 Å². The zero-order chi connectivity index (χ0) is 14.5. The Morgan fingerprint density at radius 2 is 2.25 bits per heavy atom. The summed E-state index contributed by atoms with van der Waals surface area (Å²) in [5.41, 5.74) is 10.4. The lowest BCUT2D eigenvalue weighted by atomic mass is 10.0. The van der Waals surface area contributed by atoms with Crippen LogP contribution < -0.4 is 11.5 Å². The van der Waals surface area contributed by atoms with E-state index in [1.807, 2.05) is 0 Å². The van der Waals surface area contributed by atoms with Crippen LogP contribution in [0.4, 0.5) is 10.2 Å². The Morgan fingerprint density at radius 3 is 2.90 bits per heavy atom. The monoisotopic (exact) mass is 300 g/mol. The van der Waals surface area contributed by atoms with Crippen molar-refractivity contribution in [2.24, 2.45) is 5.73 Å². The highest BCUT2D eigenvalue weighted by atomic mass is 32.1. The van der Waals surface area contributed by atoms with E-state index in [9.17, 15) is 9.50 Å². The van der Waals surface area contributed by atoms with Crippen molar-refractivity contribution in [1.29, 1.82) is 0 Å². The molecule has 9 heteroatoms. The molecule has 3 rings (SSSR count). The SMILES string of the molecule is Nc1ncnc2c([C@@H]3O[C@](N)(CO)[C@@H](O)[C@H]3F)csc12. The van der Waals surface area contributed by atoms with Gasteiger partial charge in [-0.25, -0.2) is 14.4 Å². The second-order valence-electron chi connectivity index (χ2n) is 4.67. The third kappa shape index (κ3) is 1.79. The minimum Gasteiger partial charge on any atom is -0.392 e. The molecule has 0 saturated carbocycles. The molecule has 1 aliphatic rings. The molecule has 20 heavy (non-hydrogen) atoms. The lowest BCUT2D eigenvalue weighted by molar-refractivity contribution is -0.108. The van der Waals surface area contributed by atoms with Crippen molar-refractivity contribution in [1.82, 2.24) is 9.97 Å². The van der Waals surface area contributed by atoms with Crippen molar-refractivity contribution >= 4 is 27.4 Å². The Hall–Kier alpha value is -1.39. The summed E-state index contributed by atoms with van der Waals surface area (Å²) >= 11 is 1.26. The smallest absolute Gasteiger partial charge is 0.170 e. The third-order valence-corrected chi connectivity index (χ3v) is 4.41. The maximum atomic E-state index is 14.2. The fourth-order valence-corrected chi connectivity index (χ4v) is 3.21. The van der Waals surface area contributed by atoms with Crippen molar-refractivity contribution in [3.8, 4) is 0 Å². The summed E-state index contributed by atoms with van der Waals surface area (Å²) in [5, 5.41) is 20.6. The van der Waals surface area contributed by atoms with Gasteiger partial charge in [0.2, 0.25) is 0 Å². The Labute approximate surface area is 117 Å². The molecule has 2 aromatic heterocycles. The predicted octanol–water partition coefficient (Wildman–Crippen LogP) is -0.309. The Kier molecular flexibility index (Phi) is 3.10. The van der Waals surface area contributed by atoms with Gasteiger partial charge >= 0.3 is 0 Å². The van der Waals surface area contributed by atoms with Crippen molar-refractivity contribution in [3.63, 3.8) is 0 Å². The molecule has 1 fully saturated rings. The highest BCUT2D eigenvalue weighted by molar-refractivity contribution is 7.17. The number of aliphatic hydroxyl groups excluding tert-OH is 2. The van der Waals surface area contributed by atoms with Crippen LogP contribution in [0.3, 0.4) is 0 Å². The number of aromatic nitrogens is 2. The molecule has 0 amide bonds. The topological polar surface area (TPSA) is 128 Å². The van der Waals surface area contributed by atoms with Gasteiger partial charge in [-0.3, -0.25) is 5.73 Å². The zero-order valence-corrected chi connectivity index (χ0v) is 11.0. The largest absolute Gasteiger partial charge is 0.392 e. The maximum Gasteiger partial charge on any atom is 0.170 e. The van der Waals surface area contributed by atoms with Gasteiger partial charge in [0, 0.05) is 5.56 Å². The van der Waals surface area contributed by atoms with Gasteiger partial charge in [-0.2, -0.15) is 0 Å². The zero-order valence-electron chi connectivity index (χ0n) is 10.2. The molecule has 3 heterocycles. The third-order valence-electron chi connectivity index (χ3n) is 3.40. The highest BCUT2D eigenvalue weighted by Gasteiger charge is 2.53.